The van der Waals surface area contributed by atoms with E-state index in [0.717, 1.165) is 18.2 Å². The summed E-state index contributed by atoms with van der Waals surface area (Å²) in [5.74, 6) is -3.33. The van der Waals surface area contributed by atoms with Gasteiger partial charge in [0.15, 0.2) is 11.6 Å². The lowest BCUT2D eigenvalue weighted by molar-refractivity contribution is 0.500. The van der Waals surface area contributed by atoms with Gasteiger partial charge in [-0.25, -0.2) is 17.6 Å². The van der Waals surface area contributed by atoms with Gasteiger partial charge in [0.05, 0.1) is 10.2 Å². The predicted octanol–water partition coefficient (Wildman–Crippen LogP) is 4.62. The Bertz CT molecular complexity index is 616. The summed E-state index contributed by atoms with van der Waals surface area (Å²) in [6, 6.07) is 5.58. The maximum atomic E-state index is 13.5. The van der Waals surface area contributed by atoms with Crippen molar-refractivity contribution in [2.75, 3.05) is 5.32 Å². The van der Waals surface area contributed by atoms with E-state index in [1.54, 1.807) is 0 Å². The summed E-state index contributed by atoms with van der Waals surface area (Å²) in [6.45, 7) is -0.151. The molecule has 1 N–H and O–H groups in total. The third kappa shape index (κ3) is 3.07. The van der Waals surface area contributed by atoms with Crippen molar-refractivity contribution < 1.29 is 17.6 Å². The lowest BCUT2D eigenvalue weighted by Gasteiger charge is -2.09. The van der Waals surface area contributed by atoms with Crippen LogP contribution in [0.15, 0.2) is 34.8 Å². The van der Waals surface area contributed by atoms with Crippen LogP contribution in [0.1, 0.15) is 5.56 Å². The summed E-state index contributed by atoms with van der Waals surface area (Å²) in [5.41, 5.74) is -0.0907. The van der Waals surface area contributed by atoms with Crippen LogP contribution >= 0.6 is 15.9 Å². The third-order valence-electron chi connectivity index (χ3n) is 2.51. The Morgan fingerprint density at radius 2 is 1.68 bits per heavy atom. The minimum absolute atomic E-state index is 0.00696. The first-order chi connectivity index (χ1) is 8.99. The molecule has 0 fully saturated rings. The molecule has 0 aliphatic rings. The van der Waals surface area contributed by atoms with Crippen molar-refractivity contribution in [3.8, 4) is 0 Å². The smallest absolute Gasteiger partial charge is 0.163 e. The van der Waals surface area contributed by atoms with Crippen LogP contribution in [0.3, 0.4) is 0 Å². The largest absolute Gasteiger partial charge is 0.378 e. The molecule has 2 aromatic rings. The summed E-state index contributed by atoms with van der Waals surface area (Å²) >= 11 is 2.84. The zero-order valence-electron chi connectivity index (χ0n) is 9.48. The van der Waals surface area contributed by atoms with Gasteiger partial charge >= 0.3 is 0 Å². The first-order valence-corrected chi connectivity index (χ1v) is 6.09. The quantitative estimate of drug-likeness (QED) is 0.638. The highest BCUT2D eigenvalue weighted by Gasteiger charge is 2.10. The Morgan fingerprint density at radius 3 is 2.42 bits per heavy atom. The molecule has 0 aromatic heterocycles. The summed E-state index contributed by atoms with van der Waals surface area (Å²) < 4.78 is 53.0. The van der Waals surface area contributed by atoms with Crippen molar-refractivity contribution >= 4 is 21.6 Å². The van der Waals surface area contributed by atoms with Crippen molar-refractivity contribution in [3.63, 3.8) is 0 Å². The molecule has 0 aliphatic heterocycles. The van der Waals surface area contributed by atoms with E-state index in [4.69, 9.17) is 0 Å². The molecule has 1 nitrogen and oxygen atoms in total. The van der Waals surface area contributed by atoms with Crippen LogP contribution in [0, 0.1) is 23.3 Å². The van der Waals surface area contributed by atoms with Crippen LogP contribution < -0.4 is 5.32 Å². The first kappa shape index (κ1) is 13.9. The second-order valence-corrected chi connectivity index (χ2v) is 4.67. The van der Waals surface area contributed by atoms with E-state index in [-0.39, 0.29) is 22.3 Å². The Labute approximate surface area is 115 Å². The standard InChI is InChI=1S/C13H8BrF4N/c14-8-4-11(17)12(5-10(8)16)19-6-7-2-1-3-9(15)13(7)18/h1-5,19H,6H2. The third-order valence-corrected chi connectivity index (χ3v) is 3.12. The SMILES string of the molecule is Fc1cc(NCc2cccc(F)c2F)c(F)cc1Br. The van der Waals surface area contributed by atoms with Crippen LogP contribution in [-0.4, -0.2) is 0 Å². The number of hydrogen-bond donors (Lipinski definition) is 1. The highest BCUT2D eigenvalue weighted by Crippen LogP contribution is 2.24. The number of rotatable bonds is 3. The van der Waals surface area contributed by atoms with Gasteiger partial charge in [0.25, 0.3) is 0 Å². The fraction of sp³-hybridized carbons (Fsp3) is 0.0769. The van der Waals surface area contributed by atoms with Gasteiger partial charge in [-0.2, -0.15) is 0 Å². The fourth-order valence-electron chi connectivity index (χ4n) is 1.53. The lowest BCUT2D eigenvalue weighted by atomic mass is 10.2. The van der Waals surface area contributed by atoms with Crippen LogP contribution in [0.5, 0.6) is 0 Å². The second kappa shape index (κ2) is 5.61. The van der Waals surface area contributed by atoms with Crippen LogP contribution in [0.25, 0.3) is 0 Å². The fourth-order valence-corrected chi connectivity index (χ4v) is 1.85. The predicted molar refractivity (Wildman–Crippen MR) is 67.7 cm³/mol. The van der Waals surface area contributed by atoms with E-state index >= 15 is 0 Å². The monoisotopic (exact) mass is 333 g/mol. The van der Waals surface area contributed by atoms with Crippen LogP contribution in [0.4, 0.5) is 23.2 Å². The highest BCUT2D eigenvalue weighted by atomic mass is 79.9. The average Bonchev–Trinajstić information content (AvgIpc) is 2.37. The molecule has 0 saturated carbocycles. The average molecular weight is 334 g/mol. The van der Waals surface area contributed by atoms with E-state index in [0.29, 0.717) is 0 Å². The Morgan fingerprint density at radius 1 is 0.947 bits per heavy atom. The number of benzene rings is 2. The normalized spacial score (nSPS) is 10.6. The van der Waals surface area contributed by atoms with Crippen molar-refractivity contribution in [3.05, 3.63) is 63.6 Å². The molecule has 0 radical (unpaired) electrons. The van der Waals surface area contributed by atoms with E-state index in [1.807, 2.05) is 0 Å². The minimum atomic E-state index is -1.01. The minimum Gasteiger partial charge on any atom is -0.378 e. The van der Waals surface area contributed by atoms with E-state index in [9.17, 15) is 17.6 Å². The summed E-state index contributed by atoms with van der Waals surface area (Å²) in [7, 11) is 0. The molecule has 0 bridgehead atoms. The van der Waals surface area contributed by atoms with Gasteiger partial charge in [0.2, 0.25) is 0 Å². The number of anilines is 1. The van der Waals surface area contributed by atoms with Gasteiger partial charge < -0.3 is 5.32 Å². The summed E-state index contributed by atoms with van der Waals surface area (Å²) in [4.78, 5) is 0. The maximum absolute atomic E-state index is 13.5. The Hall–Kier alpha value is -1.56. The molecule has 2 rings (SSSR count). The molecule has 0 unspecified atom stereocenters. The molecule has 19 heavy (non-hydrogen) atoms. The highest BCUT2D eigenvalue weighted by molar-refractivity contribution is 9.10. The molecule has 0 heterocycles. The van der Waals surface area contributed by atoms with Crippen LogP contribution in [-0.2, 0) is 6.54 Å². The molecular weight excluding hydrogens is 326 g/mol. The van der Waals surface area contributed by atoms with Crippen molar-refractivity contribution in [2.45, 2.75) is 6.54 Å². The van der Waals surface area contributed by atoms with E-state index < -0.39 is 23.3 Å². The Kier molecular flexibility index (Phi) is 4.09. The molecule has 6 heteroatoms. The van der Waals surface area contributed by atoms with Crippen molar-refractivity contribution in [1.82, 2.24) is 0 Å². The van der Waals surface area contributed by atoms with Gasteiger partial charge in [-0.15, -0.1) is 0 Å². The van der Waals surface area contributed by atoms with Gasteiger partial charge in [-0.3, -0.25) is 0 Å². The van der Waals surface area contributed by atoms with E-state index in [2.05, 4.69) is 21.2 Å². The maximum Gasteiger partial charge on any atom is 0.163 e. The number of nitrogens with one attached hydrogen (secondary N) is 1. The molecule has 100 valence electrons. The second-order valence-electron chi connectivity index (χ2n) is 3.81. The van der Waals surface area contributed by atoms with Gasteiger partial charge in [-0.1, -0.05) is 12.1 Å². The zero-order chi connectivity index (χ0) is 14.0. The van der Waals surface area contributed by atoms with Crippen molar-refractivity contribution in [2.24, 2.45) is 0 Å². The molecule has 0 saturated heterocycles. The number of halogens is 5. The summed E-state index contributed by atoms with van der Waals surface area (Å²) in [6.07, 6.45) is 0. The van der Waals surface area contributed by atoms with Gasteiger partial charge in [0.1, 0.15) is 11.6 Å². The summed E-state index contributed by atoms with van der Waals surface area (Å²) in [5, 5.41) is 2.52. The molecule has 0 spiro atoms. The lowest BCUT2D eigenvalue weighted by Crippen LogP contribution is -2.05. The van der Waals surface area contributed by atoms with Gasteiger partial charge in [-0.05, 0) is 28.1 Å². The number of hydrogen-bond acceptors (Lipinski definition) is 1. The molecule has 0 amide bonds. The van der Waals surface area contributed by atoms with Crippen LogP contribution in [0.2, 0.25) is 0 Å². The van der Waals surface area contributed by atoms with Gasteiger partial charge in [0, 0.05) is 18.2 Å². The first-order valence-electron chi connectivity index (χ1n) is 5.30. The topological polar surface area (TPSA) is 12.0 Å². The van der Waals surface area contributed by atoms with E-state index in [1.165, 1.54) is 12.1 Å². The molecule has 0 atom stereocenters. The Balaban J connectivity index is 2.19. The molecular formula is C13H8BrF4N. The molecule has 0 aliphatic carbocycles. The zero-order valence-corrected chi connectivity index (χ0v) is 11.1. The van der Waals surface area contributed by atoms with Crippen molar-refractivity contribution in [1.29, 1.82) is 0 Å². The molecule has 2 aromatic carbocycles.